The number of carbonyl (C=O) groups is 1. The van der Waals surface area contributed by atoms with Gasteiger partial charge < -0.3 is 10.1 Å². The van der Waals surface area contributed by atoms with Crippen molar-refractivity contribution in [1.29, 1.82) is 0 Å². The zero-order valence-electron chi connectivity index (χ0n) is 16.5. The Labute approximate surface area is 177 Å². The summed E-state index contributed by atoms with van der Waals surface area (Å²) in [6, 6.07) is 25.4. The van der Waals surface area contributed by atoms with Crippen molar-refractivity contribution in [3.8, 4) is 5.75 Å². The number of nitrogens with one attached hydrogen (secondary N) is 2. The summed E-state index contributed by atoms with van der Waals surface area (Å²) in [5, 5.41) is 2.81. The zero-order chi connectivity index (χ0) is 21.2. The van der Waals surface area contributed by atoms with Crippen molar-refractivity contribution < 1.29 is 17.9 Å². The Bertz CT molecular complexity index is 1050. The van der Waals surface area contributed by atoms with Gasteiger partial charge in [-0.3, -0.25) is 4.79 Å². The van der Waals surface area contributed by atoms with Gasteiger partial charge in [0.1, 0.15) is 12.4 Å². The lowest BCUT2D eigenvalue weighted by atomic mass is 10.1. The highest BCUT2D eigenvalue weighted by atomic mass is 32.2. The van der Waals surface area contributed by atoms with Gasteiger partial charge in [-0.05, 0) is 35.4 Å². The van der Waals surface area contributed by atoms with Crippen molar-refractivity contribution in [2.24, 2.45) is 0 Å². The molecule has 0 aliphatic heterocycles. The van der Waals surface area contributed by atoms with E-state index in [2.05, 4.69) is 10.0 Å². The Morgan fingerprint density at radius 2 is 1.50 bits per heavy atom. The minimum absolute atomic E-state index is 0.0357. The van der Waals surface area contributed by atoms with Gasteiger partial charge in [-0.1, -0.05) is 60.7 Å². The first-order chi connectivity index (χ1) is 14.5. The number of sulfonamides is 1. The van der Waals surface area contributed by atoms with Gasteiger partial charge in [-0.15, -0.1) is 0 Å². The molecule has 0 fully saturated rings. The van der Waals surface area contributed by atoms with E-state index in [-0.39, 0.29) is 23.8 Å². The van der Waals surface area contributed by atoms with Crippen LogP contribution in [0.1, 0.15) is 17.5 Å². The lowest BCUT2D eigenvalue weighted by molar-refractivity contribution is -0.121. The Balaban J connectivity index is 1.42. The highest BCUT2D eigenvalue weighted by Gasteiger charge is 2.13. The minimum atomic E-state index is -3.60. The third-order valence-corrected chi connectivity index (χ3v) is 5.80. The molecule has 0 aromatic heterocycles. The lowest BCUT2D eigenvalue weighted by Gasteiger charge is -2.10. The Hall–Kier alpha value is -3.16. The first kappa shape index (κ1) is 21.5. The molecule has 3 aromatic rings. The van der Waals surface area contributed by atoms with Crippen LogP contribution in [-0.4, -0.2) is 20.9 Å². The maximum absolute atomic E-state index is 12.1. The van der Waals surface area contributed by atoms with Gasteiger partial charge >= 0.3 is 0 Å². The number of rotatable bonds is 10. The summed E-state index contributed by atoms with van der Waals surface area (Å²) in [6.07, 6.45) is 0.0584. The second kappa shape index (κ2) is 10.6. The molecule has 30 heavy (non-hydrogen) atoms. The topological polar surface area (TPSA) is 84.5 Å². The van der Waals surface area contributed by atoms with E-state index in [0.29, 0.717) is 13.2 Å². The number of amides is 1. The third-order valence-electron chi connectivity index (χ3n) is 4.33. The standard InChI is InChI=1S/C23H24N2O4S/c26-23(14-15-25-30(27,28)22-12-5-2-6-13-22)24-17-19-8-7-9-20(16-19)18-29-21-10-3-1-4-11-21/h1-13,16,25H,14-15,17-18H2,(H,24,26). The van der Waals surface area contributed by atoms with Crippen molar-refractivity contribution in [1.82, 2.24) is 10.0 Å². The Morgan fingerprint density at radius 1 is 0.833 bits per heavy atom. The van der Waals surface area contributed by atoms with E-state index in [9.17, 15) is 13.2 Å². The quantitative estimate of drug-likeness (QED) is 0.523. The molecular formula is C23H24N2O4S. The highest BCUT2D eigenvalue weighted by molar-refractivity contribution is 7.89. The molecule has 7 heteroatoms. The Morgan fingerprint density at radius 3 is 2.23 bits per heavy atom. The third kappa shape index (κ3) is 6.72. The van der Waals surface area contributed by atoms with E-state index in [1.807, 2.05) is 54.6 Å². The fraction of sp³-hybridized carbons (Fsp3) is 0.174. The predicted octanol–water partition coefficient (Wildman–Crippen LogP) is 3.25. The average molecular weight is 425 g/mol. The molecule has 0 heterocycles. The monoisotopic (exact) mass is 424 g/mol. The fourth-order valence-electron chi connectivity index (χ4n) is 2.78. The van der Waals surface area contributed by atoms with Gasteiger partial charge in [0.05, 0.1) is 4.90 Å². The molecule has 0 radical (unpaired) electrons. The van der Waals surface area contributed by atoms with Crippen LogP contribution in [0.5, 0.6) is 5.75 Å². The molecule has 3 aromatic carbocycles. The number of hydrogen-bond acceptors (Lipinski definition) is 4. The molecule has 3 rings (SSSR count). The molecule has 156 valence electrons. The van der Waals surface area contributed by atoms with E-state index in [1.54, 1.807) is 18.2 Å². The average Bonchev–Trinajstić information content (AvgIpc) is 2.78. The van der Waals surface area contributed by atoms with Gasteiger partial charge in [-0.2, -0.15) is 0 Å². The van der Waals surface area contributed by atoms with Crippen LogP contribution in [0.3, 0.4) is 0 Å². The predicted molar refractivity (Wildman–Crippen MR) is 115 cm³/mol. The van der Waals surface area contributed by atoms with Gasteiger partial charge in [0.15, 0.2) is 0 Å². The molecule has 0 aliphatic rings. The van der Waals surface area contributed by atoms with Gasteiger partial charge in [0.25, 0.3) is 0 Å². The van der Waals surface area contributed by atoms with Crippen molar-refractivity contribution in [2.45, 2.75) is 24.5 Å². The van der Waals surface area contributed by atoms with E-state index >= 15 is 0 Å². The van der Waals surface area contributed by atoms with Gasteiger partial charge in [-0.25, -0.2) is 13.1 Å². The molecule has 0 spiro atoms. The summed E-state index contributed by atoms with van der Waals surface area (Å²) >= 11 is 0. The minimum Gasteiger partial charge on any atom is -0.489 e. The molecule has 0 unspecified atom stereocenters. The summed E-state index contributed by atoms with van der Waals surface area (Å²) in [6.45, 7) is 0.838. The van der Waals surface area contributed by atoms with E-state index in [1.165, 1.54) is 12.1 Å². The molecule has 0 saturated carbocycles. The second-order valence-corrected chi connectivity index (χ2v) is 8.43. The normalized spacial score (nSPS) is 11.1. The summed E-state index contributed by atoms with van der Waals surface area (Å²) in [5.74, 6) is 0.575. The van der Waals surface area contributed by atoms with E-state index in [0.717, 1.165) is 16.9 Å². The lowest BCUT2D eigenvalue weighted by Crippen LogP contribution is -2.30. The van der Waals surface area contributed by atoms with Crippen LogP contribution in [0, 0.1) is 0 Å². The van der Waals surface area contributed by atoms with Crippen LogP contribution in [0.25, 0.3) is 0 Å². The maximum atomic E-state index is 12.1. The van der Waals surface area contributed by atoms with Crippen molar-refractivity contribution in [3.05, 3.63) is 96.1 Å². The summed E-state index contributed by atoms with van der Waals surface area (Å²) in [5.41, 5.74) is 1.95. The van der Waals surface area contributed by atoms with Gasteiger partial charge in [0.2, 0.25) is 15.9 Å². The maximum Gasteiger partial charge on any atom is 0.240 e. The fourth-order valence-corrected chi connectivity index (χ4v) is 3.84. The van der Waals surface area contributed by atoms with E-state index < -0.39 is 10.0 Å². The van der Waals surface area contributed by atoms with Crippen LogP contribution >= 0.6 is 0 Å². The summed E-state index contributed by atoms with van der Waals surface area (Å²) in [4.78, 5) is 12.2. The molecule has 6 nitrogen and oxygen atoms in total. The molecule has 0 bridgehead atoms. The smallest absolute Gasteiger partial charge is 0.240 e. The first-order valence-electron chi connectivity index (χ1n) is 9.60. The number of ether oxygens (including phenoxy) is 1. The number of para-hydroxylation sites is 1. The summed E-state index contributed by atoms with van der Waals surface area (Å²) in [7, 11) is -3.60. The van der Waals surface area contributed by atoms with Crippen molar-refractivity contribution in [3.63, 3.8) is 0 Å². The molecular weight excluding hydrogens is 400 g/mol. The molecule has 0 atom stereocenters. The SMILES string of the molecule is O=C(CCNS(=O)(=O)c1ccccc1)NCc1cccc(COc2ccccc2)c1. The van der Waals surface area contributed by atoms with Crippen molar-refractivity contribution in [2.75, 3.05) is 6.54 Å². The summed E-state index contributed by atoms with van der Waals surface area (Å²) < 4.78 is 32.5. The number of hydrogen-bond donors (Lipinski definition) is 2. The number of benzene rings is 3. The largest absolute Gasteiger partial charge is 0.489 e. The zero-order valence-corrected chi connectivity index (χ0v) is 17.3. The van der Waals surface area contributed by atoms with Crippen molar-refractivity contribution >= 4 is 15.9 Å². The first-order valence-corrected chi connectivity index (χ1v) is 11.1. The molecule has 1 amide bonds. The van der Waals surface area contributed by atoms with Crippen LogP contribution in [0.2, 0.25) is 0 Å². The Kier molecular flexibility index (Phi) is 7.59. The number of carbonyl (C=O) groups excluding carboxylic acids is 1. The van der Waals surface area contributed by atoms with Crippen LogP contribution in [0.4, 0.5) is 0 Å². The molecule has 0 aliphatic carbocycles. The van der Waals surface area contributed by atoms with Crippen LogP contribution in [-0.2, 0) is 28.0 Å². The van der Waals surface area contributed by atoms with Gasteiger partial charge in [0, 0.05) is 19.5 Å². The van der Waals surface area contributed by atoms with Crippen LogP contribution < -0.4 is 14.8 Å². The molecule has 2 N–H and O–H groups in total. The highest BCUT2D eigenvalue weighted by Crippen LogP contribution is 2.13. The van der Waals surface area contributed by atoms with E-state index in [4.69, 9.17) is 4.74 Å². The second-order valence-electron chi connectivity index (χ2n) is 6.66. The molecule has 0 saturated heterocycles. The van der Waals surface area contributed by atoms with Crippen LogP contribution in [0.15, 0.2) is 89.8 Å².